The Hall–Kier alpha value is -4.65. The average molecular weight is 686 g/mol. The Morgan fingerprint density at radius 3 is 1.98 bits per heavy atom. The summed E-state index contributed by atoms with van der Waals surface area (Å²) in [6.07, 6.45) is 16.0. The van der Waals surface area contributed by atoms with E-state index in [2.05, 4.69) is 86.8 Å². The van der Waals surface area contributed by atoms with Crippen LogP contribution in [0.15, 0.2) is 73.2 Å². The topological polar surface area (TPSA) is 92.8 Å². The SMILES string of the molecule is CC.Cc1cc(C#CC2CC2)ccc1-c1cn(C[C@H]2CCCCO2)nn1.Cc1ccc(-c2cccc(-c3cn(C[C@H]4CCCCO4)nn3)c2)cn1. The number of pyridine rings is 1. The van der Waals surface area contributed by atoms with Gasteiger partial charge in [-0.2, -0.15) is 0 Å². The van der Waals surface area contributed by atoms with Crippen molar-refractivity contribution < 1.29 is 9.47 Å². The van der Waals surface area contributed by atoms with Crippen LogP contribution in [0.1, 0.15) is 82.0 Å². The van der Waals surface area contributed by atoms with E-state index in [-0.39, 0.29) is 12.2 Å². The molecule has 0 amide bonds. The molecule has 0 bridgehead atoms. The van der Waals surface area contributed by atoms with Gasteiger partial charge < -0.3 is 9.47 Å². The van der Waals surface area contributed by atoms with Crippen molar-refractivity contribution in [2.45, 2.75) is 104 Å². The fraction of sp³-hybridized carbons (Fsp3) is 0.452. The van der Waals surface area contributed by atoms with E-state index >= 15 is 0 Å². The molecular weight excluding hydrogens is 635 g/mol. The largest absolute Gasteiger partial charge is 0.376 e. The summed E-state index contributed by atoms with van der Waals surface area (Å²) in [4.78, 5) is 4.38. The third-order valence-electron chi connectivity index (χ3n) is 9.31. The van der Waals surface area contributed by atoms with E-state index in [0.29, 0.717) is 5.92 Å². The highest BCUT2D eigenvalue weighted by Crippen LogP contribution is 2.28. The zero-order valence-corrected chi connectivity index (χ0v) is 30.6. The third-order valence-corrected chi connectivity index (χ3v) is 9.31. The number of aryl methyl sites for hydroxylation is 2. The number of ether oxygens (including phenoxy) is 2. The average Bonchev–Trinajstić information content (AvgIpc) is 3.70. The number of hydrogen-bond donors (Lipinski definition) is 0. The summed E-state index contributed by atoms with van der Waals surface area (Å²) >= 11 is 0. The summed E-state index contributed by atoms with van der Waals surface area (Å²) in [5, 5.41) is 17.2. The molecule has 1 aliphatic carbocycles. The van der Waals surface area contributed by atoms with Gasteiger partial charge in [0.2, 0.25) is 0 Å². The molecule has 0 spiro atoms. The van der Waals surface area contributed by atoms with Gasteiger partial charge in [-0.3, -0.25) is 4.98 Å². The van der Waals surface area contributed by atoms with E-state index in [4.69, 9.17) is 9.47 Å². The molecule has 1 saturated carbocycles. The van der Waals surface area contributed by atoms with Crippen LogP contribution in [0, 0.1) is 31.6 Å². The van der Waals surface area contributed by atoms with Crippen LogP contribution in [-0.4, -0.2) is 60.4 Å². The fourth-order valence-corrected chi connectivity index (χ4v) is 6.29. The lowest BCUT2D eigenvalue weighted by atomic mass is 10.0. The summed E-state index contributed by atoms with van der Waals surface area (Å²) in [6.45, 7) is 11.4. The van der Waals surface area contributed by atoms with E-state index < -0.39 is 0 Å². The lowest BCUT2D eigenvalue weighted by Gasteiger charge is -2.21. The molecule has 0 radical (unpaired) electrons. The summed E-state index contributed by atoms with van der Waals surface area (Å²) in [7, 11) is 0. The maximum absolute atomic E-state index is 5.79. The van der Waals surface area contributed by atoms with Crippen molar-refractivity contribution in [2.75, 3.05) is 13.2 Å². The first-order valence-corrected chi connectivity index (χ1v) is 18.8. The lowest BCUT2D eigenvalue weighted by Crippen LogP contribution is -2.24. The van der Waals surface area contributed by atoms with E-state index in [0.717, 1.165) is 84.0 Å². The van der Waals surface area contributed by atoms with Gasteiger partial charge in [0.1, 0.15) is 11.4 Å². The maximum Gasteiger partial charge on any atom is 0.113 e. The number of hydrogen-bond acceptors (Lipinski definition) is 7. The number of nitrogens with zero attached hydrogens (tertiary/aromatic N) is 7. The molecule has 2 saturated heterocycles. The van der Waals surface area contributed by atoms with Crippen LogP contribution in [0.25, 0.3) is 33.6 Å². The molecule has 5 heterocycles. The Balaban J connectivity index is 0.000000168. The normalized spacial score (nSPS) is 18.4. The lowest BCUT2D eigenvalue weighted by molar-refractivity contribution is 0.00356. The molecule has 3 aromatic heterocycles. The minimum absolute atomic E-state index is 0.258. The standard InChI is InChI=1S/C20H22N4O.C20H23N3O.C2H6/c1-15-8-9-18(12-21-15)16-5-4-6-17(11-16)20-14-24(23-22-20)13-19-7-2-3-10-25-19;1-15-12-17(8-7-16-5-6-16)9-10-19(15)20-14-23(22-21-20)13-18-4-2-3-11-24-18;1-2/h4-6,8-9,11-12,14,19H,2-3,7,10,13H2,1H3;9-10,12,14,16,18H,2-6,11,13H2,1H3;1-2H3/t19-;18-;/m11./s1. The van der Waals surface area contributed by atoms with Gasteiger partial charge in [0.25, 0.3) is 0 Å². The molecule has 8 rings (SSSR count). The monoisotopic (exact) mass is 685 g/mol. The van der Waals surface area contributed by atoms with Crippen molar-refractivity contribution in [3.63, 3.8) is 0 Å². The number of aromatic nitrogens is 7. The first-order valence-electron chi connectivity index (χ1n) is 18.8. The molecule has 51 heavy (non-hydrogen) atoms. The van der Waals surface area contributed by atoms with E-state index in [1.807, 2.05) is 60.9 Å². The molecule has 0 N–H and O–H groups in total. The smallest absolute Gasteiger partial charge is 0.113 e. The summed E-state index contributed by atoms with van der Waals surface area (Å²) in [5.41, 5.74) is 9.54. The fourth-order valence-electron chi connectivity index (χ4n) is 6.29. The second kappa shape index (κ2) is 18.0. The van der Waals surface area contributed by atoms with E-state index in [1.54, 1.807) is 0 Å². The van der Waals surface area contributed by atoms with Crippen molar-refractivity contribution in [1.29, 1.82) is 0 Å². The molecule has 0 unspecified atom stereocenters. The first-order chi connectivity index (χ1) is 25.1. The van der Waals surface area contributed by atoms with Crippen LogP contribution >= 0.6 is 0 Å². The highest BCUT2D eigenvalue weighted by Gasteiger charge is 2.19. The van der Waals surface area contributed by atoms with Gasteiger partial charge in [-0.25, -0.2) is 9.36 Å². The van der Waals surface area contributed by atoms with Crippen molar-refractivity contribution in [1.82, 2.24) is 35.0 Å². The van der Waals surface area contributed by atoms with Crippen LogP contribution in [0.2, 0.25) is 0 Å². The molecule has 5 aromatic rings. The van der Waals surface area contributed by atoms with Crippen LogP contribution in [0.3, 0.4) is 0 Å². The Morgan fingerprint density at radius 1 is 0.706 bits per heavy atom. The van der Waals surface area contributed by atoms with Gasteiger partial charge in [-0.15, -0.1) is 10.2 Å². The Labute approximate surface area is 302 Å². The molecule has 3 fully saturated rings. The van der Waals surface area contributed by atoms with Crippen LogP contribution < -0.4 is 0 Å². The van der Waals surface area contributed by atoms with Crippen molar-refractivity contribution in [3.8, 4) is 45.5 Å². The van der Waals surface area contributed by atoms with Gasteiger partial charge >= 0.3 is 0 Å². The summed E-state index contributed by atoms with van der Waals surface area (Å²) in [6, 6.07) is 18.8. The maximum atomic E-state index is 5.79. The molecule has 9 heteroatoms. The van der Waals surface area contributed by atoms with Crippen LogP contribution in [0.5, 0.6) is 0 Å². The molecular formula is C42H51N7O2. The number of rotatable bonds is 7. The molecule has 2 atom stereocenters. The van der Waals surface area contributed by atoms with Gasteiger partial charge in [0.05, 0.1) is 37.7 Å². The summed E-state index contributed by atoms with van der Waals surface area (Å²) in [5.74, 6) is 7.22. The predicted octanol–water partition coefficient (Wildman–Crippen LogP) is 8.49. The van der Waals surface area contributed by atoms with Crippen molar-refractivity contribution >= 4 is 0 Å². The zero-order chi connectivity index (χ0) is 35.4. The molecule has 266 valence electrons. The highest BCUT2D eigenvalue weighted by molar-refractivity contribution is 5.70. The van der Waals surface area contributed by atoms with Gasteiger partial charge in [0, 0.05) is 53.3 Å². The second-order valence-electron chi connectivity index (χ2n) is 13.5. The summed E-state index contributed by atoms with van der Waals surface area (Å²) < 4.78 is 15.4. The van der Waals surface area contributed by atoms with Crippen molar-refractivity contribution in [2.24, 2.45) is 5.92 Å². The second-order valence-corrected chi connectivity index (χ2v) is 13.5. The predicted molar refractivity (Wildman–Crippen MR) is 202 cm³/mol. The third kappa shape index (κ3) is 10.4. The highest BCUT2D eigenvalue weighted by atomic mass is 16.5. The Kier molecular flexibility index (Phi) is 12.8. The van der Waals surface area contributed by atoms with Gasteiger partial charge in [-0.05, 0) is 101 Å². The van der Waals surface area contributed by atoms with E-state index in [9.17, 15) is 0 Å². The molecule has 2 aromatic carbocycles. The minimum Gasteiger partial charge on any atom is -0.376 e. The van der Waals surface area contributed by atoms with Crippen LogP contribution in [0.4, 0.5) is 0 Å². The van der Waals surface area contributed by atoms with Gasteiger partial charge in [-0.1, -0.05) is 66.4 Å². The Bertz CT molecular complexity index is 1890. The molecule has 2 aliphatic heterocycles. The quantitative estimate of drug-likeness (QED) is 0.159. The molecule has 3 aliphatic rings. The number of benzene rings is 2. The Morgan fingerprint density at radius 2 is 1.37 bits per heavy atom. The van der Waals surface area contributed by atoms with Crippen molar-refractivity contribution in [3.05, 3.63) is 90.0 Å². The van der Waals surface area contributed by atoms with Crippen LogP contribution in [-0.2, 0) is 22.6 Å². The first kappa shape index (κ1) is 36.2. The van der Waals surface area contributed by atoms with E-state index in [1.165, 1.54) is 44.1 Å². The molecule has 9 nitrogen and oxygen atoms in total. The minimum atomic E-state index is 0.258. The van der Waals surface area contributed by atoms with Gasteiger partial charge in [0.15, 0.2) is 0 Å². The zero-order valence-electron chi connectivity index (χ0n) is 30.6.